The SMILES string of the molecule is O=C(CCCC(=O)N1CCCC2CCCC=C21)NC1CC2CCC1C2. The third-order valence-electron chi connectivity index (χ3n) is 6.95. The molecule has 2 saturated carbocycles. The molecule has 1 N–H and O–H groups in total. The molecule has 0 spiro atoms. The maximum absolute atomic E-state index is 12.6. The van der Waals surface area contributed by atoms with Gasteiger partial charge in [-0.15, -0.1) is 0 Å². The van der Waals surface area contributed by atoms with Gasteiger partial charge in [0.15, 0.2) is 0 Å². The van der Waals surface area contributed by atoms with Crippen LogP contribution in [0.25, 0.3) is 0 Å². The first-order valence-corrected chi connectivity index (χ1v) is 10.5. The van der Waals surface area contributed by atoms with Crippen LogP contribution in [0.3, 0.4) is 0 Å². The Labute approximate surface area is 151 Å². The van der Waals surface area contributed by atoms with Gasteiger partial charge < -0.3 is 10.2 Å². The molecule has 0 radical (unpaired) electrons. The summed E-state index contributed by atoms with van der Waals surface area (Å²) in [4.78, 5) is 26.9. The Morgan fingerprint density at radius 3 is 2.76 bits per heavy atom. The number of hydrogen-bond donors (Lipinski definition) is 1. The minimum absolute atomic E-state index is 0.152. The molecule has 4 rings (SSSR count). The molecule has 4 heteroatoms. The lowest BCUT2D eigenvalue weighted by atomic mass is 9.85. The summed E-state index contributed by atoms with van der Waals surface area (Å²) in [6.45, 7) is 0.874. The Kier molecular flexibility index (Phi) is 5.14. The molecule has 25 heavy (non-hydrogen) atoms. The number of nitrogens with zero attached hydrogens (tertiary/aromatic N) is 1. The average molecular weight is 344 g/mol. The Balaban J connectivity index is 1.21. The van der Waals surface area contributed by atoms with E-state index in [-0.39, 0.29) is 11.8 Å². The van der Waals surface area contributed by atoms with Crippen LogP contribution >= 0.6 is 0 Å². The number of fused-ring (bicyclic) bond motifs is 3. The number of carbonyl (C=O) groups is 2. The Hall–Kier alpha value is -1.32. The first-order chi connectivity index (χ1) is 12.2. The highest BCUT2D eigenvalue weighted by atomic mass is 16.2. The summed E-state index contributed by atoms with van der Waals surface area (Å²) >= 11 is 0. The maximum Gasteiger partial charge on any atom is 0.226 e. The van der Waals surface area contributed by atoms with Gasteiger partial charge in [0.1, 0.15) is 0 Å². The van der Waals surface area contributed by atoms with E-state index in [0.29, 0.717) is 31.2 Å². The van der Waals surface area contributed by atoms with Gasteiger partial charge in [-0.25, -0.2) is 0 Å². The van der Waals surface area contributed by atoms with Crippen LogP contribution in [-0.2, 0) is 9.59 Å². The summed E-state index contributed by atoms with van der Waals surface area (Å²) in [6.07, 6.45) is 15.1. The van der Waals surface area contributed by atoms with Gasteiger partial charge in [0.2, 0.25) is 11.8 Å². The molecule has 0 aromatic heterocycles. The number of nitrogens with one attached hydrogen (secondary N) is 1. The van der Waals surface area contributed by atoms with E-state index in [0.717, 1.165) is 31.2 Å². The maximum atomic E-state index is 12.6. The summed E-state index contributed by atoms with van der Waals surface area (Å²) < 4.78 is 0. The number of piperidine rings is 1. The molecule has 1 aliphatic heterocycles. The molecule has 0 aromatic carbocycles. The first kappa shape index (κ1) is 17.1. The molecular weight excluding hydrogens is 312 g/mol. The van der Waals surface area contributed by atoms with Gasteiger partial charge in [-0.2, -0.15) is 0 Å². The number of amides is 2. The molecule has 1 saturated heterocycles. The second-order valence-corrected chi connectivity index (χ2v) is 8.65. The monoisotopic (exact) mass is 344 g/mol. The van der Waals surface area contributed by atoms with Crippen LogP contribution < -0.4 is 5.32 Å². The van der Waals surface area contributed by atoms with E-state index in [1.807, 2.05) is 4.90 Å². The Morgan fingerprint density at radius 1 is 1.08 bits per heavy atom. The van der Waals surface area contributed by atoms with Crippen LogP contribution in [0.1, 0.15) is 77.0 Å². The standard InChI is InChI=1S/C21H32N2O2/c24-20(22-18-14-15-10-11-17(18)13-15)8-3-9-21(25)23-12-4-6-16-5-1-2-7-19(16)23/h7,15-18H,1-6,8-14H2,(H,22,24). The lowest BCUT2D eigenvalue weighted by Gasteiger charge is -2.38. The lowest BCUT2D eigenvalue weighted by Crippen LogP contribution is -2.39. The molecule has 138 valence electrons. The smallest absolute Gasteiger partial charge is 0.226 e. The van der Waals surface area contributed by atoms with Gasteiger partial charge in [0.25, 0.3) is 0 Å². The van der Waals surface area contributed by atoms with Crippen molar-refractivity contribution in [2.45, 2.75) is 83.1 Å². The van der Waals surface area contributed by atoms with Crippen molar-refractivity contribution in [2.75, 3.05) is 6.54 Å². The van der Waals surface area contributed by atoms with Crippen molar-refractivity contribution in [1.82, 2.24) is 10.2 Å². The predicted octanol–water partition coefficient (Wildman–Crippen LogP) is 3.77. The molecule has 4 unspecified atom stereocenters. The summed E-state index contributed by atoms with van der Waals surface area (Å²) in [6, 6.07) is 0.414. The Bertz CT molecular complexity index is 556. The zero-order valence-electron chi connectivity index (χ0n) is 15.3. The van der Waals surface area contributed by atoms with Gasteiger partial charge in [0.05, 0.1) is 0 Å². The van der Waals surface area contributed by atoms with Crippen molar-refractivity contribution in [3.8, 4) is 0 Å². The van der Waals surface area contributed by atoms with Crippen molar-refractivity contribution in [1.29, 1.82) is 0 Å². The van der Waals surface area contributed by atoms with Crippen molar-refractivity contribution in [3.05, 3.63) is 11.8 Å². The van der Waals surface area contributed by atoms with E-state index in [4.69, 9.17) is 0 Å². The highest BCUT2D eigenvalue weighted by Crippen LogP contribution is 2.44. The van der Waals surface area contributed by atoms with Crippen LogP contribution in [0.15, 0.2) is 11.8 Å². The van der Waals surface area contributed by atoms with Crippen LogP contribution in [0.2, 0.25) is 0 Å². The van der Waals surface area contributed by atoms with Gasteiger partial charge in [-0.3, -0.25) is 9.59 Å². The second-order valence-electron chi connectivity index (χ2n) is 8.65. The minimum Gasteiger partial charge on any atom is -0.353 e. The fourth-order valence-electron chi connectivity index (χ4n) is 5.68. The fraction of sp³-hybridized carbons (Fsp3) is 0.810. The molecule has 4 aliphatic rings. The lowest BCUT2D eigenvalue weighted by molar-refractivity contribution is -0.130. The fourth-order valence-corrected chi connectivity index (χ4v) is 5.68. The van der Waals surface area contributed by atoms with Gasteiger partial charge >= 0.3 is 0 Å². The highest BCUT2D eigenvalue weighted by molar-refractivity contribution is 5.80. The van der Waals surface area contributed by atoms with Crippen LogP contribution in [0.4, 0.5) is 0 Å². The Morgan fingerprint density at radius 2 is 1.96 bits per heavy atom. The normalized spacial score (nSPS) is 33.8. The van der Waals surface area contributed by atoms with E-state index in [1.54, 1.807) is 0 Å². The minimum atomic E-state index is 0.152. The third-order valence-corrected chi connectivity index (χ3v) is 6.95. The molecule has 4 nitrogen and oxygen atoms in total. The number of hydrogen-bond acceptors (Lipinski definition) is 2. The topological polar surface area (TPSA) is 49.4 Å². The summed E-state index contributed by atoms with van der Waals surface area (Å²) in [5.41, 5.74) is 1.29. The molecule has 3 fully saturated rings. The largest absolute Gasteiger partial charge is 0.353 e. The van der Waals surface area contributed by atoms with Crippen LogP contribution in [-0.4, -0.2) is 29.3 Å². The zero-order valence-corrected chi connectivity index (χ0v) is 15.3. The van der Waals surface area contributed by atoms with Crippen molar-refractivity contribution in [2.24, 2.45) is 17.8 Å². The first-order valence-electron chi connectivity index (χ1n) is 10.5. The van der Waals surface area contributed by atoms with Gasteiger partial charge in [-0.1, -0.05) is 12.5 Å². The third kappa shape index (κ3) is 3.78. The molecular formula is C21H32N2O2. The molecule has 2 bridgehead atoms. The average Bonchev–Trinajstić information content (AvgIpc) is 3.24. The van der Waals surface area contributed by atoms with Crippen molar-refractivity contribution in [3.63, 3.8) is 0 Å². The van der Waals surface area contributed by atoms with Crippen LogP contribution in [0, 0.1) is 17.8 Å². The van der Waals surface area contributed by atoms with E-state index in [1.165, 1.54) is 50.6 Å². The van der Waals surface area contributed by atoms with Crippen molar-refractivity contribution >= 4 is 11.8 Å². The highest BCUT2D eigenvalue weighted by Gasteiger charge is 2.40. The summed E-state index contributed by atoms with van der Waals surface area (Å²) in [7, 11) is 0. The zero-order chi connectivity index (χ0) is 17.2. The number of rotatable bonds is 5. The van der Waals surface area contributed by atoms with Gasteiger partial charge in [-0.05, 0) is 75.5 Å². The molecule has 3 aliphatic carbocycles. The summed E-state index contributed by atoms with van der Waals surface area (Å²) in [5, 5.41) is 3.23. The van der Waals surface area contributed by atoms with Gasteiger partial charge in [0, 0.05) is 31.1 Å². The molecule has 4 atom stereocenters. The molecule has 2 amide bonds. The summed E-state index contributed by atoms with van der Waals surface area (Å²) in [5.74, 6) is 2.56. The second kappa shape index (κ2) is 7.51. The van der Waals surface area contributed by atoms with E-state index in [2.05, 4.69) is 11.4 Å². The van der Waals surface area contributed by atoms with E-state index >= 15 is 0 Å². The molecule has 1 heterocycles. The molecule has 0 aromatic rings. The van der Waals surface area contributed by atoms with E-state index in [9.17, 15) is 9.59 Å². The quantitative estimate of drug-likeness (QED) is 0.825. The number of allylic oxidation sites excluding steroid dienone is 2. The number of carbonyl (C=O) groups excluding carboxylic acids is 2. The van der Waals surface area contributed by atoms with Crippen LogP contribution in [0.5, 0.6) is 0 Å². The van der Waals surface area contributed by atoms with E-state index < -0.39 is 0 Å². The predicted molar refractivity (Wildman–Crippen MR) is 97.6 cm³/mol. The van der Waals surface area contributed by atoms with Crippen molar-refractivity contribution < 1.29 is 9.59 Å². The number of likely N-dealkylation sites (tertiary alicyclic amines) is 1.